The van der Waals surface area contributed by atoms with Crippen LogP contribution < -0.4 is 0 Å². The number of carboxylic acids is 1. The zero-order chi connectivity index (χ0) is 25.7. The Kier molecular flexibility index (Phi) is 5.50. The number of benzene rings is 1. The van der Waals surface area contributed by atoms with Gasteiger partial charge in [-0.05, 0) is 131 Å². The van der Waals surface area contributed by atoms with Crippen LogP contribution in [-0.2, 0) is 0 Å². The third-order valence-corrected chi connectivity index (χ3v) is 18.3. The van der Waals surface area contributed by atoms with Gasteiger partial charge >= 0.3 is 5.97 Å². The van der Waals surface area contributed by atoms with Crippen LogP contribution in [0.4, 0.5) is 0 Å². The van der Waals surface area contributed by atoms with Crippen molar-refractivity contribution in [1.29, 1.82) is 0 Å². The summed E-state index contributed by atoms with van der Waals surface area (Å²) in [6.45, 7) is 13.0. The third-order valence-electron chi connectivity index (χ3n) is 13.0. The molecule has 2 nitrogen and oxygen atoms in total. The van der Waals surface area contributed by atoms with E-state index in [0.29, 0.717) is 27.7 Å². The van der Waals surface area contributed by atoms with E-state index >= 15 is 0 Å². The Balaban J connectivity index is 1.35. The minimum absolute atomic E-state index is 0.100. The molecule has 1 aromatic rings. The second-order valence-electron chi connectivity index (χ2n) is 14.9. The van der Waals surface area contributed by atoms with Crippen LogP contribution in [0, 0.1) is 33.5 Å². The van der Waals surface area contributed by atoms with Crippen LogP contribution in [0.25, 0.3) is 5.57 Å². The fourth-order valence-electron chi connectivity index (χ4n) is 11.5. The summed E-state index contributed by atoms with van der Waals surface area (Å²) in [5.41, 5.74) is 4.64. The summed E-state index contributed by atoms with van der Waals surface area (Å²) in [7, 11) is -0.569. The molecule has 1 aromatic carbocycles. The number of aromatic carboxylic acids is 1. The zero-order valence-electron chi connectivity index (χ0n) is 23.5. The van der Waals surface area contributed by atoms with Gasteiger partial charge in [0.05, 0.1) is 5.56 Å². The maximum Gasteiger partial charge on any atom is 0.335 e. The molecule has 5 aliphatic rings. The number of rotatable bonds is 2. The Hall–Kier alpha value is -1.22. The Bertz CT molecular complexity index is 1100. The van der Waals surface area contributed by atoms with Crippen molar-refractivity contribution in [3.63, 3.8) is 0 Å². The molecule has 8 atom stereocenters. The predicted molar refractivity (Wildman–Crippen MR) is 154 cm³/mol. The van der Waals surface area contributed by atoms with Crippen molar-refractivity contribution < 1.29 is 9.90 Å². The SMILES string of the molecule is CC1(C)C(c2ccc(C(=O)O)cc2)=CC[C@@]2(C)C1CC[C@]1(C)C2CCS2(C)C3CCC[C@]3(C)CCC12. The van der Waals surface area contributed by atoms with Crippen molar-refractivity contribution in [3.05, 3.63) is 41.5 Å². The highest BCUT2D eigenvalue weighted by molar-refractivity contribution is 8.34. The maximum atomic E-state index is 11.4. The summed E-state index contributed by atoms with van der Waals surface area (Å²) in [4.78, 5) is 11.4. The monoisotopic (exact) mass is 508 g/mol. The van der Waals surface area contributed by atoms with Gasteiger partial charge in [-0.2, -0.15) is 0 Å². The standard InChI is InChI=1S/C33H48O2S/c1-30(2)24(22-9-11-23(12-10-22)29(34)35)13-19-32(4)25(30)14-20-33(5)26(32)16-21-36(6)27-8-7-17-31(27,3)18-15-28(33)36/h9-13,25-28H,7-8,14-21H2,1-6H3,(H,34,35)/t25?,26?,27?,28?,31-,32+,33-/m1/s1. The molecule has 2 heterocycles. The van der Waals surface area contributed by atoms with Crippen LogP contribution in [0.15, 0.2) is 30.3 Å². The molecule has 198 valence electrons. The number of carbonyl (C=O) groups is 1. The average Bonchev–Trinajstić information content (AvgIpc) is 3.21. The Morgan fingerprint density at radius 1 is 0.861 bits per heavy atom. The first-order chi connectivity index (χ1) is 16.9. The van der Waals surface area contributed by atoms with E-state index < -0.39 is 16.0 Å². The number of hydrogen-bond acceptors (Lipinski definition) is 1. The molecule has 36 heavy (non-hydrogen) atoms. The summed E-state index contributed by atoms with van der Waals surface area (Å²) in [5.74, 6) is 2.19. The van der Waals surface area contributed by atoms with Crippen LogP contribution in [0.2, 0.25) is 0 Å². The zero-order valence-corrected chi connectivity index (χ0v) is 24.3. The minimum atomic E-state index is -0.843. The molecule has 5 unspecified atom stereocenters. The molecule has 0 aromatic heterocycles. The molecule has 6 rings (SSSR count). The van der Waals surface area contributed by atoms with Gasteiger partial charge in [0.1, 0.15) is 0 Å². The second-order valence-corrected chi connectivity index (χ2v) is 18.9. The second kappa shape index (κ2) is 7.90. The van der Waals surface area contributed by atoms with Gasteiger partial charge in [-0.1, -0.05) is 59.2 Å². The van der Waals surface area contributed by atoms with Crippen molar-refractivity contribution in [2.75, 3.05) is 12.0 Å². The van der Waals surface area contributed by atoms with E-state index in [2.05, 4.69) is 47.0 Å². The van der Waals surface area contributed by atoms with E-state index in [4.69, 9.17) is 0 Å². The van der Waals surface area contributed by atoms with E-state index in [1.165, 1.54) is 74.7 Å². The van der Waals surface area contributed by atoms with Crippen molar-refractivity contribution >= 4 is 21.6 Å². The quantitative estimate of drug-likeness (QED) is 0.433. The lowest BCUT2D eigenvalue weighted by atomic mass is 9.42. The molecular weight excluding hydrogens is 460 g/mol. The van der Waals surface area contributed by atoms with Crippen LogP contribution in [-0.4, -0.2) is 33.6 Å². The maximum absolute atomic E-state index is 11.4. The lowest BCUT2D eigenvalue weighted by molar-refractivity contribution is -0.0982. The molecule has 3 heteroatoms. The largest absolute Gasteiger partial charge is 0.478 e. The Morgan fingerprint density at radius 3 is 2.28 bits per heavy atom. The van der Waals surface area contributed by atoms with Gasteiger partial charge in [-0.15, -0.1) is 0 Å². The third kappa shape index (κ3) is 3.20. The van der Waals surface area contributed by atoms with Crippen LogP contribution in [0.3, 0.4) is 0 Å². The van der Waals surface area contributed by atoms with Gasteiger partial charge in [-0.25, -0.2) is 14.8 Å². The van der Waals surface area contributed by atoms with E-state index in [9.17, 15) is 9.90 Å². The smallest absolute Gasteiger partial charge is 0.335 e. The molecule has 0 amide bonds. The fourth-order valence-corrected chi connectivity index (χ4v) is 17.6. The number of fused-ring (bicyclic) bond motifs is 7. The van der Waals surface area contributed by atoms with E-state index in [1.807, 2.05) is 12.1 Å². The van der Waals surface area contributed by atoms with Gasteiger partial charge in [0.15, 0.2) is 0 Å². The molecule has 2 saturated heterocycles. The lowest BCUT2D eigenvalue weighted by Gasteiger charge is -2.72. The topological polar surface area (TPSA) is 37.3 Å². The highest BCUT2D eigenvalue weighted by Gasteiger charge is 2.66. The van der Waals surface area contributed by atoms with Crippen molar-refractivity contribution in [2.45, 2.75) is 103 Å². The number of hydrogen-bond donors (Lipinski definition) is 1. The number of carboxylic acid groups (broad SMARTS) is 1. The molecule has 0 radical (unpaired) electrons. The first-order valence-corrected chi connectivity index (χ1v) is 17.0. The molecule has 0 spiro atoms. The Labute approximate surface area is 221 Å². The predicted octanol–water partition coefficient (Wildman–Crippen LogP) is 8.80. The van der Waals surface area contributed by atoms with Crippen molar-refractivity contribution in [2.24, 2.45) is 33.5 Å². The van der Waals surface area contributed by atoms with Crippen molar-refractivity contribution in [3.8, 4) is 0 Å². The molecule has 2 saturated carbocycles. The molecule has 2 aliphatic heterocycles. The summed E-state index contributed by atoms with van der Waals surface area (Å²) < 4.78 is 0. The van der Waals surface area contributed by atoms with Gasteiger partial charge in [0.2, 0.25) is 0 Å². The Morgan fingerprint density at radius 2 is 1.58 bits per heavy atom. The van der Waals surface area contributed by atoms with Crippen LogP contribution in [0.5, 0.6) is 0 Å². The summed E-state index contributed by atoms with van der Waals surface area (Å²) in [5, 5.41) is 11.4. The highest BCUT2D eigenvalue weighted by atomic mass is 32.3. The molecule has 4 fully saturated rings. The first kappa shape index (κ1) is 25.1. The summed E-state index contributed by atoms with van der Waals surface area (Å²) >= 11 is 0. The highest BCUT2D eigenvalue weighted by Crippen LogP contribution is 2.79. The van der Waals surface area contributed by atoms with Crippen LogP contribution >= 0.6 is 10.0 Å². The first-order valence-electron chi connectivity index (χ1n) is 14.6. The normalized spacial score (nSPS) is 48.9. The van der Waals surface area contributed by atoms with Gasteiger partial charge in [-0.3, -0.25) is 0 Å². The van der Waals surface area contributed by atoms with E-state index in [-0.39, 0.29) is 5.41 Å². The average molecular weight is 509 g/mol. The summed E-state index contributed by atoms with van der Waals surface area (Å²) in [6.07, 6.45) is 18.2. The molecule has 0 bridgehead atoms. The molecular formula is C33H48O2S. The number of allylic oxidation sites excluding steroid dienone is 2. The summed E-state index contributed by atoms with van der Waals surface area (Å²) in [6, 6.07) is 7.65. The molecule has 3 aliphatic carbocycles. The minimum Gasteiger partial charge on any atom is -0.478 e. The van der Waals surface area contributed by atoms with E-state index in [0.717, 1.165) is 16.4 Å². The van der Waals surface area contributed by atoms with E-state index in [1.54, 1.807) is 12.1 Å². The fraction of sp³-hybridized carbons (Fsp3) is 0.727. The van der Waals surface area contributed by atoms with Gasteiger partial charge in [0, 0.05) is 0 Å². The lowest BCUT2D eigenvalue weighted by Crippen LogP contribution is -2.63. The van der Waals surface area contributed by atoms with Gasteiger partial charge in [0.25, 0.3) is 0 Å². The van der Waals surface area contributed by atoms with Crippen LogP contribution in [0.1, 0.15) is 108 Å². The van der Waals surface area contributed by atoms with Crippen molar-refractivity contribution in [1.82, 2.24) is 0 Å². The van der Waals surface area contributed by atoms with Gasteiger partial charge < -0.3 is 5.11 Å². The molecule has 1 N–H and O–H groups in total.